The number of nitrogens with one attached hydrogen (secondary N) is 1. The third-order valence-corrected chi connectivity index (χ3v) is 4.66. The number of benzene rings is 2. The van der Waals surface area contributed by atoms with Crippen molar-refractivity contribution in [3.05, 3.63) is 73.6 Å². The smallest absolute Gasteiger partial charge is 0.258 e. The highest BCUT2D eigenvalue weighted by atomic mass is 35.5. The zero-order chi connectivity index (χ0) is 17.8. The van der Waals surface area contributed by atoms with Crippen molar-refractivity contribution in [2.24, 2.45) is 5.10 Å². The van der Waals surface area contributed by atoms with E-state index in [2.05, 4.69) is 15.5 Å². The molecule has 0 spiro atoms. The summed E-state index contributed by atoms with van der Waals surface area (Å²) in [5, 5.41) is 18.2. The third kappa shape index (κ3) is 4.33. The minimum absolute atomic E-state index is 0.0140. The topological polar surface area (TPSA) is 80.4 Å². The predicted molar refractivity (Wildman–Crippen MR) is 102 cm³/mol. The number of anilines is 1. The van der Waals surface area contributed by atoms with Crippen LogP contribution in [0.3, 0.4) is 0 Å². The Labute approximate surface area is 156 Å². The van der Waals surface area contributed by atoms with E-state index in [0.717, 1.165) is 11.3 Å². The van der Waals surface area contributed by atoms with E-state index in [9.17, 15) is 10.1 Å². The second-order valence-electron chi connectivity index (χ2n) is 4.89. The van der Waals surface area contributed by atoms with Crippen molar-refractivity contribution in [3.8, 4) is 11.3 Å². The van der Waals surface area contributed by atoms with E-state index in [4.69, 9.17) is 23.2 Å². The van der Waals surface area contributed by atoms with Crippen molar-refractivity contribution in [1.29, 1.82) is 0 Å². The highest BCUT2D eigenvalue weighted by Gasteiger charge is 2.07. The minimum Gasteiger partial charge on any atom is -0.258 e. The molecule has 0 atom stereocenters. The van der Waals surface area contributed by atoms with Crippen molar-refractivity contribution in [2.45, 2.75) is 0 Å². The van der Waals surface area contributed by atoms with Crippen LogP contribution < -0.4 is 5.43 Å². The Bertz CT molecular complexity index is 959. The monoisotopic (exact) mass is 392 g/mol. The average molecular weight is 393 g/mol. The Morgan fingerprint density at radius 1 is 1.20 bits per heavy atom. The SMILES string of the molecule is O=[N+]([O-])c1cccc(C=NNc2nc(-c3ccc(Cl)c(Cl)c3)cs2)c1. The fraction of sp³-hybridized carbons (Fsp3) is 0. The maximum Gasteiger partial charge on any atom is 0.270 e. The van der Waals surface area contributed by atoms with Crippen molar-refractivity contribution < 1.29 is 4.92 Å². The Kier molecular flexibility index (Phi) is 5.28. The van der Waals surface area contributed by atoms with Crippen molar-refractivity contribution in [3.63, 3.8) is 0 Å². The van der Waals surface area contributed by atoms with Crippen LogP contribution in [0.1, 0.15) is 5.56 Å². The maximum absolute atomic E-state index is 10.8. The Balaban J connectivity index is 1.70. The molecule has 0 radical (unpaired) electrons. The lowest BCUT2D eigenvalue weighted by Crippen LogP contribution is -1.92. The van der Waals surface area contributed by atoms with Gasteiger partial charge in [0.25, 0.3) is 5.69 Å². The molecule has 0 aliphatic heterocycles. The molecule has 0 unspecified atom stereocenters. The molecule has 3 rings (SSSR count). The molecule has 25 heavy (non-hydrogen) atoms. The van der Waals surface area contributed by atoms with Crippen LogP contribution in [0.2, 0.25) is 10.0 Å². The summed E-state index contributed by atoms with van der Waals surface area (Å²) >= 11 is 13.3. The molecule has 0 saturated heterocycles. The first-order valence-electron chi connectivity index (χ1n) is 6.97. The molecule has 1 aromatic heterocycles. The second-order valence-corrected chi connectivity index (χ2v) is 6.56. The predicted octanol–water partition coefficient (Wildman–Crippen LogP) is 5.47. The van der Waals surface area contributed by atoms with Crippen molar-refractivity contribution in [1.82, 2.24) is 4.98 Å². The summed E-state index contributed by atoms with van der Waals surface area (Å²) in [6.07, 6.45) is 1.49. The summed E-state index contributed by atoms with van der Waals surface area (Å²) in [5.41, 5.74) is 5.03. The minimum atomic E-state index is -0.449. The number of rotatable bonds is 5. The van der Waals surface area contributed by atoms with Crippen LogP contribution >= 0.6 is 34.5 Å². The van der Waals surface area contributed by atoms with E-state index in [1.165, 1.54) is 29.7 Å². The molecule has 6 nitrogen and oxygen atoms in total. The normalized spacial score (nSPS) is 11.0. The number of thiazole rings is 1. The molecule has 9 heteroatoms. The van der Waals surface area contributed by atoms with Crippen LogP contribution in [0.15, 0.2) is 52.9 Å². The quantitative estimate of drug-likeness (QED) is 0.354. The molecular formula is C16H10Cl2N4O2S. The van der Waals surface area contributed by atoms with Gasteiger partial charge in [-0.2, -0.15) is 5.10 Å². The maximum atomic E-state index is 10.8. The number of non-ortho nitro benzene ring substituents is 1. The lowest BCUT2D eigenvalue weighted by molar-refractivity contribution is -0.384. The number of hydrogen-bond donors (Lipinski definition) is 1. The number of nitro benzene ring substituents is 1. The van der Waals surface area contributed by atoms with Gasteiger partial charge in [-0.1, -0.05) is 41.4 Å². The number of nitrogens with zero attached hydrogens (tertiary/aromatic N) is 3. The van der Waals surface area contributed by atoms with Gasteiger partial charge in [0, 0.05) is 28.6 Å². The van der Waals surface area contributed by atoms with Crippen LogP contribution in [-0.2, 0) is 0 Å². The Morgan fingerprint density at radius 2 is 2.04 bits per heavy atom. The van der Waals surface area contributed by atoms with Crippen LogP contribution in [0.4, 0.5) is 10.8 Å². The van der Waals surface area contributed by atoms with E-state index in [-0.39, 0.29) is 5.69 Å². The molecule has 0 aliphatic rings. The molecule has 2 aromatic carbocycles. The molecular weight excluding hydrogens is 383 g/mol. The van der Waals surface area contributed by atoms with Gasteiger partial charge in [-0.15, -0.1) is 11.3 Å². The fourth-order valence-corrected chi connectivity index (χ4v) is 2.96. The summed E-state index contributed by atoms with van der Waals surface area (Å²) in [7, 11) is 0. The van der Waals surface area contributed by atoms with Gasteiger partial charge in [0.2, 0.25) is 5.13 Å². The number of nitro groups is 1. The van der Waals surface area contributed by atoms with Crippen LogP contribution in [0.5, 0.6) is 0 Å². The van der Waals surface area contributed by atoms with Crippen LogP contribution in [-0.4, -0.2) is 16.1 Å². The standard InChI is InChI=1S/C16H10Cl2N4O2S/c17-13-5-4-11(7-14(13)18)15-9-25-16(20-15)21-19-8-10-2-1-3-12(6-10)22(23)24/h1-9H,(H,20,21). The largest absolute Gasteiger partial charge is 0.270 e. The summed E-state index contributed by atoms with van der Waals surface area (Å²) in [6.45, 7) is 0. The van der Waals surface area contributed by atoms with E-state index >= 15 is 0 Å². The highest BCUT2D eigenvalue weighted by molar-refractivity contribution is 7.14. The third-order valence-electron chi connectivity index (χ3n) is 3.17. The summed E-state index contributed by atoms with van der Waals surface area (Å²) < 4.78 is 0. The molecule has 0 saturated carbocycles. The van der Waals surface area contributed by atoms with E-state index < -0.39 is 4.92 Å². The van der Waals surface area contributed by atoms with Gasteiger partial charge in [-0.05, 0) is 12.1 Å². The van der Waals surface area contributed by atoms with Gasteiger partial charge in [-0.25, -0.2) is 4.98 Å². The molecule has 126 valence electrons. The zero-order valence-electron chi connectivity index (χ0n) is 12.5. The van der Waals surface area contributed by atoms with Gasteiger partial charge >= 0.3 is 0 Å². The van der Waals surface area contributed by atoms with E-state index in [0.29, 0.717) is 20.7 Å². The second kappa shape index (κ2) is 7.60. The number of hydrazone groups is 1. The lowest BCUT2D eigenvalue weighted by Gasteiger charge is -1.99. The zero-order valence-corrected chi connectivity index (χ0v) is 14.8. The van der Waals surface area contributed by atoms with Gasteiger partial charge in [-0.3, -0.25) is 15.5 Å². The van der Waals surface area contributed by atoms with Crippen LogP contribution in [0, 0.1) is 10.1 Å². The summed E-state index contributed by atoms with van der Waals surface area (Å²) in [6, 6.07) is 11.5. The number of aromatic nitrogens is 1. The lowest BCUT2D eigenvalue weighted by atomic mass is 10.2. The van der Waals surface area contributed by atoms with Crippen molar-refractivity contribution >= 4 is 51.6 Å². The molecule has 3 aromatic rings. The van der Waals surface area contributed by atoms with Gasteiger partial charge in [0.15, 0.2) is 0 Å². The summed E-state index contributed by atoms with van der Waals surface area (Å²) in [4.78, 5) is 14.7. The van der Waals surface area contributed by atoms with E-state index in [1.807, 2.05) is 11.4 Å². The molecule has 0 fully saturated rings. The van der Waals surface area contributed by atoms with Gasteiger partial charge < -0.3 is 0 Å². The molecule has 0 bridgehead atoms. The summed E-state index contributed by atoms with van der Waals surface area (Å²) in [5.74, 6) is 0. The van der Waals surface area contributed by atoms with E-state index in [1.54, 1.807) is 24.3 Å². The van der Waals surface area contributed by atoms with Crippen LogP contribution in [0.25, 0.3) is 11.3 Å². The molecule has 1 heterocycles. The number of hydrogen-bond acceptors (Lipinski definition) is 6. The fourth-order valence-electron chi connectivity index (χ4n) is 1.99. The first kappa shape index (κ1) is 17.3. The Hall–Kier alpha value is -2.48. The van der Waals surface area contributed by atoms with Gasteiger partial charge in [0.1, 0.15) is 0 Å². The van der Waals surface area contributed by atoms with Crippen molar-refractivity contribution in [2.75, 3.05) is 5.43 Å². The average Bonchev–Trinajstić information content (AvgIpc) is 3.06. The Morgan fingerprint density at radius 3 is 2.80 bits per heavy atom. The first-order valence-corrected chi connectivity index (χ1v) is 8.61. The highest BCUT2D eigenvalue weighted by Crippen LogP contribution is 2.30. The first-order chi connectivity index (χ1) is 12.0. The molecule has 0 amide bonds. The molecule has 0 aliphatic carbocycles. The number of halogens is 2. The molecule has 1 N–H and O–H groups in total. The van der Waals surface area contributed by atoms with Gasteiger partial charge in [0.05, 0.1) is 26.9 Å².